The van der Waals surface area contributed by atoms with E-state index >= 15 is 0 Å². The van der Waals surface area contributed by atoms with E-state index in [0.717, 1.165) is 12.8 Å². The van der Waals surface area contributed by atoms with Gasteiger partial charge in [0.05, 0.1) is 23.8 Å². The lowest BCUT2D eigenvalue weighted by Gasteiger charge is -2.24. The Hall–Kier alpha value is -1.31. The largest absolute Gasteiger partial charge is 0.488 e. The summed E-state index contributed by atoms with van der Waals surface area (Å²) in [6.45, 7) is 1.30. The van der Waals surface area contributed by atoms with Crippen molar-refractivity contribution in [2.75, 3.05) is 26.0 Å². The standard InChI is InChI=1S/C12H18N2O4S/c1-14-19(15,16)10-2-3-11(13)12(8-10)18-9-4-6-17-7-5-9/h2-3,8-9,14H,4-7,13H2,1H3. The fourth-order valence-electron chi connectivity index (χ4n) is 1.88. The molecule has 3 N–H and O–H groups in total. The molecular weight excluding hydrogens is 268 g/mol. The van der Waals surface area contributed by atoms with Gasteiger partial charge in [0.25, 0.3) is 0 Å². The third kappa shape index (κ3) is 3.37. The van der Waals surface area contributed by atoms with Gasteiger partial charge in [-0.1, -0.05) is 0 Å². The third-order valence-electron chi connectivity index (χ3n) is 3.03. The number of nitrogen functional groups attached to an aromatic ring is 1. The summed E-state index contributed by atoms with van der Waals surface area (Å²) in [7, 11) is -2.12. The molecular formula is C12H18N2O4S. The van der Waals surface area contributed by atoms with Gasteiger partial charge < -0.3 is 15.2 Å². The lowest BCUT2D eigenvalue weighted by molar-refractivity contribution is 0.0258. The normalized spacial score (nSPS) is 17.3. The van der Waals surface area contributed by atoms with Crippen LogP contribution < -0.4 is 15.2 Å². The molecule has 2 rings (SSSR count). The average Bonchev–Trinajstić information content (AvgIpc) is 2.42. The minimum atomic E-state index is -3.49. The van der Waals surface area contributed by atoms with Crippen molar-refractivity contribution in [1.82, 2.24) is 4.72 Å². The van der Waals surface area contributed by atoms with Crippen LogP contribution in [0.4, 0.5) is 5.69 Å². The molecule has 1 fully saturated rings. The van der Waals surface area contributed by atoms with Crippen molar-refractivity contribution in [1.29, 1.82) is 0 Å². The molecule has 1 aliphatic heterocycles. The fourth-order valence-corrected chi connectivity index (χ4v) is 2.62. The molecule has 7 heteroatoms. The highest BCUT2D eigenvalue weighted by Crippen LogP contribution is 2.27. The molecule has 0 unspecified atom stereocenters. The van der Waals surface area contributed by atoms with Crippen LogP contribution in [0.5, 0.6) is 5.75 Å². The van der Waals surface area contributed by atoms with Gasteiger partial charge in [-0.2, -0.15) is 0 Å². The van der Waals surface area contributed by atoms with Crippen LogP contribution in [0.1, 0.15) is 12.8 Å². The zero-order valence-electron chi connectivity index (χ0n) is 10.8. The Bertz CT molecular complexity index is 539. The lowest BCUT2D eigenvalue weighted by atomic mass is 10.1. The smallest absolute Gasteiger partial charge is 0.240 e. The molecule has 19 heavy (non-hydrogen) atoms. The number of benzene rings is 1. The van der Waals surface area contributed by atoms with Crippen LogP contribution in [0.3, 0.4) is 0 Å². The predicted octanol–water partition coefficient (Wildman–Crippen LogP) is 0.735. The van der Waals surface area contributed by atoms with Crippen LogP contribution in [0.15, 0.2) is 23.1 Å². The molecule has 106 valence electrons. The molecule has 0 spiro atoms. The summed E-state index contributed by atoms with van der Waals surface area (Å²) in [5.41, 5.74) is 6.25. The van der Waals surface area contributed by atoms with Gasteiger partial charge in [-0.05, 0) is 19.2 Å². The van der Waals surface area contributed by atoms with Gasteiger partial charge in [0.15, 0.2) is 0 Å². The summed E-state index contributed by atoms with van der Waals surface area (Å²) in [4.78, 5) is 0.145. The molecule has 0 radical (unpaired) electrons. The van der Waals surface area contributed by atoms with Crippen LogP contribution in [0, 0.1) is 0 Å². The van der Waals surface area contributed by atoms with Crippen LogP contribution in [0.25, 0.3) is 0 Å². The fraction of sp³-hybridized carbons (Fsp3) is 0.500. The zero-order chi connectivity index (χ0) is 13.9. The monoisotopic (exact) mass is 286 g/mol. The molecule has 1 saturated heterocycles. The Morgan fingerprint density at radius 1 is 1.37 bits per heavy atom. The molecule has 0 aliphatic carbocycles. The van der Waals surface area contributed by atoms with Crippen LogP contribution in [-0.2, 0) is 14.8 Å². The molecule has 1 aliphatic rings. The first kappa shape index (κ1) is 14.1. The van der Waals surface area contributed by atoms with Gasteiger partial charge >= 0.3 is 0 Å². The highest BCUT2D eigenvalue weighted by Gasteiger charge is 2.19. The number of anilines is 1. The van der Waals surface area contributed by atoms with E-state index < -0.39 is 10.0 Å². The van der Waals surface area contributed by atoms with Crippen molar-refractivity contribution < 1.29 is 17.9 Å². The van der Waals surface area contributed by atoms with Crippen LogP contribution in [-0.4, -0.2) is 34.8 Å². The van der Waals surface area contributed by atoms with E-state index in [-0.39, 0.29) is 11.0 Å². The topological polar surface area (TPSA) is 90.7 Å². The molecule has 0 bridgehead atoms. The summed E-state index contributed by atoms with van der Waals surface area (Å²) in [5, 5.41) is 0. The second kappa shape index (κ2) is 5.77. The molecule has 0 atom stereocenters. The Balaban J connectivity index is 2.22. The lowest BCUT2D eigenvalue weighted by Crippen LogP contribution is -2.26. The van der Waals surface area contributed by atoms with Gasteiger partial charge in [-0.15, -0.1) is 0 Å². The van der Waals surface area contributed by atoms with Crippen molar-refractivity contribution in [3.63, 3.8) is 0 Å². The first-order chi connectivity index (χ1) is 9.03. The molecule has 0 saturated carbocycles. The average molecular weight is 286 g/mol. The summed E-state index contributed by atoms with van der Waals surface area (Å²) in [5.74, 6) is 0.406. The minimum absolute atomic E-state index is 0.0172. The first-order valence-electron chi connectivity index (χ1n) is 6.10. The molecule has 0 amide bonds. The Morgan fingerprint density at radius 3 is 2.68 bits per heavy atom. The van der Waals surface area contributed by atoms with E-state index in [2.05, 4.69) is 4.72 Å². The summed E-state index contributed by atoms with van der Waals surface area (Å²) in [6, 6.07) is 4.45. The summed E-state index contributed by atoms with van der Waals surface area (Å²) in [6.07, 6.45) is 1.58. The molecule has 1 aromatic rings. The van der Waals surface area contributed by atoms with Gasteiger partial charge in [0.2, 0.25) is 10.0 Å². The molecule has 1 aromatic carbocycles. The van der Waals surface area contributed by atoms with Gasteiger partial charge in [-0.25, -0.2) is 13.1 Å². The highest BCUT2D eigenvalue weighted by molar-refractivity contribution is 7.89. The number of rotatable bonds is 4. The maximum atomic E-state index is 11.7. The highest BCUT2D eigenvalue weighted by atomic mass is 32.2. The van der Waals surface area contributed by atoms with E-state index in [1.54, 1.807) is 6.07 Å². The van der Waals surface area contributed by atoms with Crippen LogP contribution >= 0.6 is 0 Å². The van der Waals surface area contributed by atoms with Gasteiger partial charge in [0, 0.05) is 18.9 Å². The Kier molecular flexibility index (Phi) is 4.28. The van der Waals surface area contributed by atoms with E-state index in [9.17, 15) is 8.42 Å². The van der Waals surface area contributed by atoms with Crippen molar-refractivity contribution >= 4 is 15.7 Å². The van der Waals surface area contributed by atoms with E-state index in [4.69, 9.17) is 15.2 Å². The van der Waals surface area contributed by atoms with E-state index in [1.807, 2.05) is 0 Å². The van der Waals surface area contributed by atoms with Gasteiger partial charge in [0.1, 0.15) is 11.9 Å². The second-order valence-electron chi connectivity index (χ2n) is 4.34. The van der Waals surface area contributed by atoms with Crippen molar-refractivity contribution in [3.8, 4) is 5.75 Å². The summed E-state index contributed by atoms with van der Waals surface area (Å²) >= 11 is 0. The molecule has 0 aromatic heterocycles. The van der Waals surface area contributed by atoms with E-state index in [1.165, 1.54) is 19.2 Å². The van der Waals surface area contributed by atoms with E-state index in [0.29, 0.717) is 24.7 Å². The Labute approximate surface area is 112 Å². The summed E-state index contributed by atoms with van der Waals surface area (Å²) < 4.78 is 36.7. The Morgan fingerprint density at radius 2 is 2.05 bits per heavy atom. The van der Waals surface area contributed by atoms with Crippen molar-refractivity contribution in [3.05, 3.63) is 18.2 Å². The zero-order valence-corrected chi connectivity index (χ0v) is 11.6. The molecule has 6 nitrogen and oxygen atoms in total. The SMILES string of the molecule is CNS(=O)(=O)c1ccc(N)c(OC2CCOCC2)c1. The number of hydrogen-bond acceptors (Lipinski definition) is 5. The number of ether oxygens (including phenoxy) is 2. The number of sulfonamides is 1. The maximum absolute atomic E-state index is 11.7. The van der Waals surface area contributed by atoms with Crippen molar-refractivity contribution in [2.45, 2.75) is 23.8 Å². The van der Waals surface area contributed by atoms with Crippen molar-refractivity contribution in [2.24, 2.45) is 0 Å². The third-order valence-corrected chi connectivity index (χ3v) is 4.44. The maximum Gasteiger partial charge on any atom is 0.240 e. The molecule has 1 heterocycles. The number of nitrogens with two attached hydrogens (primary N) is 1. The van der Waals surface area contributed by atoms with Gasteiger partial charge in [-0.3, -0.25) is 0 Å². The second-order valence-corrected chi connectivity index (χ2v) is 6.22. The first-order valence-corrected chi connectivity index (χ1v) is 7.59. The quantitative estimate of drug-likeness (QED) is 0.796. The van der Waals surface area contributed by atoms with Crippen LogP contribution in [0.2, 0.25) is 0 Å². The number of nitrogens with one attached hydrogen (secondary N) is 1. The predicted molar refractivity (Wildman–Crippen MR) is 71.6 cm³/mol. The number of hydrogen-bond donors (Lipinski definition) is 2. The minimum Gasteiger partial charge on any atom is -0.488 e.